The normalized spacial score (nSPS) is 18.4. The van der Waals surface area contributed by atoms with Crippen LogP contribution in [0.3, 0.4) is 0 Å². The molecule has 1 aliphatic rings. The number of benzene rings is 2. The zero-order valence-corrected chi connectivity index (χ0v) is 17.9. The summed E-state index contributed by atoms with van der Waals surface area (Å²) in [5.41, 5.74) is 1.84. The Morgan fingerprint density at radius 1 is 1.14 bits per heavy atom. The first-order valence-corrected chi connectivity index (χ1v) is 11.5. The number of amides is 1. The van der Waals surface area contributed by atoms with E-state index in [4.69, 9.17) is 11.6 Å². The minimum Gasteiger partial charge on any atom is -0.355 e. The number of hydrogen-bond donors (Lipinski definition) is 1. The topological polar surface area (TPSA) is 66.5 Å². The van der Waals surface area contributed by atoms with Crippen LogP contribution in [0.1, 0.15) is 31.7 Å². The van der Waals surface area contributed by atoms with Crippen LogP contribution in [0.5, 0.6) is 0 Å². The lowest BCUT2D eigenvalue weighted by molar-refractivity contribution is -0.124. The molecule has 1 unspecified atom stereocenters. The number of halogens is 1. The molecule has 2 aromatic carbocycles. The molecule has 0 bridgehead atoms. The maximum absolute atomic E-state index is 13.5. The molecule has 1 amide bonds. The summed E-state index contributed by atoms with van der Waals surface area (Å²) in [5.74, 6) is -0.243. The summed E-state index contributed by atoms with van der Waals surface area (Å²) in [6, 6.07) is 15.0. The van der Waals surface area contributed by atoms with Gasteiger partial charge in [0, 0.05) is 18.1 Å². The minimum absolute atomic E-state index is 0.131. The molecule has 5 nitrogen and oxygen atoms in total. The van der Waals surface area contributed by atoms with Gasteiger partial charge in [0.05, 0.1) is 4.90 Å². The SMILES string of the molecule is C/C(=C\c1ccccc1)CN(C1CCCCNC1=O)S(=O)(=O)c1ccc(Cl)cc1. The summed E-state index contributed by atoms with van der Waals surface area (Å²) >= 11 is 5.93. The van der Waals surface area contributed by atoms with Crippen LogP contribution in [-0.4, -0.2) is 37.8 Å². The fourth-order valence-corrected chi connectivity index (χ4v) is 5.21. The van der Waals surface area contributed by atoms with Gasteiger partial charge in [-0.3, -0.25) is 4.79 Å². The number of nitrogens with one attached hydrogen (secondary N) is 1. The summed E-state index contributed by atoms with van der Waals surface area (Å²) < 4.78 is 28.3. The summed E-state index contributed by atoms with van der Waals surface area (Å²) in [6.45, 7) is 2.59. The molecule has 0 saturated carbocycles. The van der Waals surface area contributed by atoms with Crippen LogP contribution >= 0.6 is 11.6 Å². The van der Waals surface area contributed by atoms with Gasteiger partial charge in [-0.2, -0.15) is 4.31 Å². The minimum atomic E-state index is -3.88. The summed E-state index contributed by atoms with van der Waals surface area (Å²) in [5, 5.41) is 3.31. The monoisotopic (exact) mass is 432 g/mol. The highest BCUT2D eigenvalue weighted by Gasteiger charge is 2.36. The zero-order valence-electron chi connectivity index (χ0n) is 16.3. The fraction of sp³-hybridized carbons (Fsp3) is 0.318. The second kappa shape index (κ2) is 9.57. The summed E-state index contributed by atoms with van der Waals surface area (Å²) in [6.07, 6.45) is 4.07. The molecule has 2 aromatic rings. The third kappa shape index (κ3) is 5.47. The van der Waals surface area contributed by atoms with Gasteiger partial charge in [0.15, 0.2) is 0 Å². The Bertz CT molecular complexity index is 973. The highest BCUT2D eigenvalue weighted by molar-refractivity contribution is 7.89. The van der Waals surface area contributed by atoms with Crippen molar-refractivity contribution in [3.8, 4) is 0 Å². The van der Waals surface area contributed by atoms with E-state index in [0.717, 1.165) is 24.0 Å². The smallest absolute Gasteiger partial charge is 0.244 e. The van der Waals surface area contributed by atoms with E-state index in [0.29, 0.717) is 18.0 Å². The molecule has 0 aliphatic carbocycles. The average molecular weight is 433 g/mol. The third-order valence-electron chi connectivity index (χ3n) is 4.89. The third-order valence-corrected chi connectivity index (χ3v) is 7.01. The van der Waals surface area contributed by atoms with Gasteiger partial charge in [-0.05, 0) is 56.0 Å². The van der Waals surface area contributed by atoms with Gasteiger partial charge < -0.3 is 5.32 Å². The van der Waals surface area contributed by atoms with Gasteiger partial charge in [0.2, 0.25) is 15.9 Å². The lowest BCUT2D eigenvalue weighted by Crippen LogP contribution is -2.49. The Hall–Kier alpha value is -2.15. The standard InChI is InChI=1S/C22H25ClN2O3S/c1-17(15-18-7-3-2-4-8-18)16-25(21-9-5-6-14-24-22(21)26)29(27,28)20-12-10-19(23)11-13-20/h2-4,7-8,10-13,15,21H,5-6,9,14,16H2,1H3,(H,24,26)/b17-15+. The van der Waals surface area contributed by atoms with Crippen LogP contribution in [0.15, 0.2) is 65.1 Å². The zero-order chi connectivity index (χ0) is 20.9. The first-order chi connectivity index (χ1) is 13.9. The van der Waals surface area contributed by atoms with E-state index >= 15 is 0 Å². The molecule has 1 heterocycles. The quantitative estimate of drug-likeness (QED) is 0.747. The molecule has 0 spiro atoms. The van der Waals surface area contributed by atoms with Crippen molar-refractivity contribution in [3.63, 3.8) is 0 Å². The predicted molar refractivity (Wildman–Crippen MR) is 116 cm³/mol. The average Bonchev–Trinajstić information content (AvgIpc) is 2.91. The molecular weight excluding hydrogens is 408 g/mol. The molecule has 1 saturated heterocycles. The largest absolute Gasteiger partial charge is 0.355 e. The van der Waals surface area contributed by atoms with Crippen molar-refractivity contribution in [3.05, 3.63) is 70.8 Å². The van der Waals surface area contributed by atoms with Crippen LogP contribution in [-0.2, 0) is 14.8 Å². The lowest BCUT2D eigenvalue weighted by Gasteiger charge is -2.29. The van der Waals surface area contributed by atoms with E-state index in [-0.39, 0.29) is 17.3 Å². The van der Waals surface area contributed by atoms with Crippen molar-refractivity contribution < 1.29 is 13.2 Å². The molecule has 0 radical (unpaired) electrons. The maximum Gasteiger partial charge on any atom is 0.244 e. The molecule has 0 aromatic heterocycles. The predicted octanol–water partition coefficient (Wildman–Crippen LogP) is 4.10. The van der Waals surface area contributed by atoms with Crippen molar-refractivity contribution in [1.82, 2.24) is 9.62 Å². The maximum atomic E-state index is 13.5. The molecule has 1 N–H and O–H groups in total. The number of sulfonamides is 1. The molecule has 29 heavy (non-hydrogen) atoms. The number of carbonyl (C=O) groups is 1. The van der Waals surface area contributed by atoms with Crippen LogP contribution < -0.4 is 5.32 Å². The summed E-state index contributed by atoms with van der Waals surface area (Å²) in [7, 11) is -3.88. The van der Waals surface area contributed by atoms with Gasteiger partial charge >= 0.3 is 0 Å². The molecule has 1 fully saturated rings. The highest BCUT2D eigenvalue weighted by Crippen LogP contribution is 2.25. The molecule has 1 aliphatic heterocycles. The Labute approximate surface area is 177 Å². The van der Waals surface area contributed by atoms with E-state index in [1.54, 1.807) is 12.1 Å². The summed E-state index contributed by atoms with van der Waals surface area (Å²) in [4.78, 5) is 12.8. The van der Waals surface area contributed by atoms with Crippen molar-refractivity contribution in [2.24, 2.45) is 0 Å². The first kappa shape index (κ1) is 21.6. The van der Waals surface area contributed by atoms with Crippen molar-refractivity contribution in [1.29, 1.82) is 0 Å². The highest BCUT2D eigenvalue weighted by atomic mass is 35.5. The van der Waals surface area contributed by atoms with Crippen LogP contribution in [0, 0.1) is 0 Å². The number of rotatable bonds is 6. The molecular formula is C22H25ClN2O3S. The Morgan fingerprint density at radius 3 is 2.52 bits per heavy atom. The van der Waals surface area contributed by atoms with Crippen molar-refractivity contribution >= 4 is 33.6 Å². The molecule has 7 heteroatoms. The molecule has 154 valence electrons. The second-order valence-corrected chi connectivity index (χ2v) is 9.54. The van der Waals surface area contributed by atoms with Gasteiger partial charge in [0.1, 0.15) is 6.04 Å². The van der Waals surface area contributed by atoms with Gasteiger partial charge in [0.25, 0.3) is 0 Å². The van der Waals surface area contributed by atoms with Gasteiger partial charge in [-0.15, -0.1) is 0 Å². The molecule has 1 atom stereocenters. The van der Waals surface area contributed by atoms with E-state index in [1.807, 2.05) is 43.3 Å². The first-order valence-electron chi connectivity index (χ1n) is 9.65. The van der Waals surface area contributed by atoms with E-state index in [1.165, 1.54) is 16.4 Å². The fourth-order valence-electron chi connectivity index (χ4n) is 3.43. The lowest BCUT2D eigenvalue weighted by atomic mass is 10.1. The van der Waals surface area contributed by atoms with Crippen LogP contribution in [0.2, 0.25) is 5.02 Å². The van der Waals surface area contributed by atoms with E-state index < -0.39 is 16.1 Å². The number of carbonyl (C=O) groups excluding carboxylic acids is 1. The van der Waals surface area contributed by atoms with Crippen molar-refractivity contribution in [2.75, 3.05) is 13.1 Å². The van der Waals surface area contributed by atoms with Crippen LogP contribution in [0.4, 0.5) is 0 Å². The van der Waals surface area contributed by atoms with E-state index in [2.05, 4.69) is 5.32 Å². The van der Waals surface area contributed by atoms with Crippen LogP contribution in [0.25, 0.3) is 6.08 Å². The Kier molecular flexibility index (Phi) is 7.11. The van der Waals surface area contributed by atoms with E-state index in [9.17, 15) is 13.2 Å². The molecule has 3 rings (SSSR count). The number of hydrogen-bond acceptors (Lipinski definition) is 3. The van der Waals surface area contributed by atoms with Gasteiger partial charge in [-0.1, -0.05) is 53.6 Å². The Balaban J connectivity index is 1.98. The second-order valence-electron chi connectivity index (χ2n) is 7.21. The van der Waals surface area contributed by atoms with Gasteiger partial charge in [-0.25, -0.2) is 8.42 Å². The Morgan fingerprint density at radius 2 is 1.83 bits per heavy atom. The number of nitrogens with zero attached hydrogens (tertiary/aromatic N) is 1. The van der Waals surface area contributed by atoms with Crippen molar-refractivity contribution in [2.45, 2.75) is 37.1 Å².